The molecule has 1 aliphatic heterocycles. The topological polar surface area (TPSA) is 38.3 Å². The lowest BCUT2D eigenvalue weighted by Gasteiger charge is -2.23. The van der Waals surface area contributed by atoms with Crippen LogP contribution in [0.1, 0.15) is 68.7 Å². The molecule has 0 saturated heterocycles. The van der Waals surface area contributed by atoms with Gasteiger partial charge in [0.15, 0.2) is 0 Å². The summed E-state index contributed by atoms with van der Waals surface area (Å²) in [6, 6.07) is 2.20. The SMILES string of the molecule is CC(=O)Nc1c(C(C)C)cc2c(c1C(C)C)COC2. The van der Waals surface area contributed by atoms with Crippen molar-refractivity contribution in [2.24, 2.45) is 0 Å². The number of benzene rings is 1. The van der Waals surface area contributed by atoms with Crippen molar-refractivity contribution < 1.29 is 9.53 Å². The molecule has 0 saturated carbocycles. The lowest BCUT2D eigenvalue weighted by Crippen LogP contribution is -2.14. The van der Waals surface area contributed by atoms with Crippen LogP contribution in [-0.4, -0.2) is 5.91 Å². The van der Waals surface area contributed by atoms with Crippen molar-refractivity contribution in [1.82, 2.24) is 0 Å². The van der Waals surface area contributed by atoms with Gasteiger partial charge in [-0.15, -0.1) is 0 Å². The quantitative estimate of drug-likeness (QED) is 0.895. The highest BCUT2D eigenvalue weighted by Crippen LogP contribution is 2.39. The molecule has 0 fully saturated rings. The fourth-order valence-electron chi connectivity index (χ4n) is 2.80. The Labute approximate surface area is 115 Å². The molecule has 0 atom stereocenters. The molecule has 0 bridgehead atoms. The fourth-order valence-corrected chi connectivity index (χ4v) is 2.80. The third-order valence-corrected chi connectivity index (χ3v) is 3.60. The van der Waals surface area contributed by atoms with Crippen molar-refractivity contribution in [2.75, 3.05) is 5.32 Å². The van der Waals surface area contributed by atoms with Gasteiger partial charge in [0.25, 0.3) is 0 Å². The number of nitrogens with one attached hydrogen (secondary N) is 1. The standard InChI is InChI=1S/C16H23NO2/c1-9(2)13-6-12-7-19-8-14(12)15(10(3)4)16(13)17-11(5)18/h6,9-10H,7-8H2,1-5H3,(H,17,18). The number of carbonyl (C=O) groups is 1. The highest BCUT2D eigenvalue weighted by atomic mass is 16.5. The molecule has 0 spiro atoms. The largest absolute Gasteiger partial charge is 0.372 e. The van der Waals surface area contributed by atoms with E-state index < -0.39 is 0 Å². The second-order valence-corrected chi connectivity index (χ2v) is 5.88. The van der Waals surface area contributed by atoms with E-state index in [4.69, 9.17) is 4.74 Å². The molecule has 1 amide bonds. The Morgan fingerprint density at radius 1 is 1.21 bits per heavy atom. The molecule has 2 rings (SSSR count). The van der Waals surface area contributed by atoms with E-state index >= 15 is 0 Å². The van der Waals surface area contributed by atoms with Crippen LogP contribution < -0.4 is 5.32 Å². The number of hydrogen-bond donors (Lipinski definition) is 1. The zero-order valence-corrected chi connectivity index (χ0v) is 12.5. The monoisotopic (exact) mass is 261 g/mol. The molecule has 0 aromatic heterocycles. The Kier molecular flexibility index (Phi) is 3.95. The molecule has 0 radical (unpaired) electrons. The van der Waals surface area contributed by atoms with Gasteiger partial charge in [0.2, 0.25) is 5.91 Å². The van der Waals surface area contributed by atoms with E-state index in [1.165, 1.54) is 22.3 Å². The molecule has 1 heterocycles. The van der Waals surface area contributed by atoms with Crippen LogP contribution in [0.3, 0.4) is 0 Å². The van der Waals surface area contributed by atoms with Crippen molar-refractivity contribution in [1.29, 1.82) is 0 Å². The van der Waals surface area contributed by atoms with Gasteiger partial charge in [0.05, 0.1) is 13.2 Å². The summed E-state index contributed by atoms with van der Waals surface area (Å²) in [4.78, 5) is 11.5. The molecular formula is C16H23NO2. The normalized spacial score (nSPS) is 14.1. The van der Waals surface area contributed by atoms with Gasteiger partial charge in [-0.25, -0.2) is 0 Å². The molecule has 1 aromatic rings. The molecule has 1 aromatic carbocycles. The van der Waals surface area contributed by atoms with E-state index in [-0.39, 0.29) is 5.91 Å². The second-order valence-electron chi connectivity index (χ2n) is 5.88. The summed E-state index contributed by atoms with van der Waals surface area (Å²) in [5.41, 5.74) is 6.00. The number of ether oxygens (including phenoxy) is 1. The first-order valence-corrected chi connectivity index (χ1v) is 6.95. The average Bonchev–Trinajstić information content (AvgIpc) is 2.73. The molecule has 3 nitrogen and oxygen atoms in total. The zero-order chi connectivity index (χ0) is 14.2. The molecule has 104 valence electrons. The maximum Gasteiger partial charge on any atom is 0.221 e. The maximum atomic E-state index is 11.5. The van der Waals surface area contributed by atoms with E-state index in [0.29, 0.717) is 25.0 Å². The number of rotatable bonds is 3. The first kappa shape index (κ1) is 14.1. The van der Waals surface area contributed by atoms with Gasteiger partial charge in [0.1, 0.15) is 0 Å². The Balaban J connectivity index is 2.68. The highest BCUT2D eigenvalue weighted by Gasteiger charge is 2.24. The lowest BCUT2D eigenvalue weighted by atomic mass is 9.86. The minimum absolute atomic E-state index is 0.0114. The Hall–Kier alpha value is -1.35. The third kappa shape index (κ3) is 2.66. The lowest BCUT2D eigenvalue weighted by molar-refractivity contribution is -0.114. The summed E-state index contributed by atoms with van der Waals surface area (Å²) in [5, 5.41) is 3.04. The molecular weight excluding hydrogens is 238 g/mol. The smallest absolute Gasteiger partial charge is 0.221 e. The summed E-state index contributed by atoms with van der Waals surface area (Å²) in [5.74, 6) is 0.740. The number of carbonyl (C=O) groups excluding carboxylic acids is 1. The second kappa shape index (κ2) is 5.33. The summed E-state index contributed by atoms with van der Waals surface area (Å²) < 4.78 is 5.59. The Morgan fingerprint density at radius 2 is 1.89 bits per heavy atom. The number of hydrogen-bond acceptors (Lipinski definition) is 2. The maximum absolute atomic E-state index is 11.5. The van der Waals surface area contributed by atoms with Crippen molar-refractivity contribution in [2.45, 2.75) is 59.7 Å². The van der Waals surface area contributed by atoms with Crippen molar-refractivity contribution in [3.05, 3.63) is 28.3 Å². The van der Waals surface area contributed by atoms with Crippen molar-refractivity contribution in [3.8, 4) is 0 Å². The highest BCUT2D eigenvalue weighted by molar-refractivity contribution is 5.91. The first-order chi connectivity index (χ1) is 8.91. The van der Waals surface area contributed by atoms with Crippen molar-refractivity contribution >= 4 is 11.6 Å². The Bertz CT molecular complexity index is 504. The van der Waals surface area contributed by atoms with Gasteiger partial charge >= 0.3 is 0 Å². The van der Waals surface area contributed by atoms with Crippen molar-refractivity contribution in [3.63, 3.8) is 0 Å². The van der Waals surface area contributed by atoms with Gasteiger partial charge in [-0.2, -0.15) is 0 Å². The number of amides is 1. The van der Waals surface area contributed by atoms with E-state index in [9.17, 15) is 4.79 Å². The van der Waals surface area contributed by atoms with E-state index in [1.54, 1.807) is 6.92 Å². The average molecular weight is 261 g/mol. The predicted octanol–water partition coefficient (Wildman–Crippen LogP) is 3.92. The molecule has 0 unspecified atom stereocenters. The van der Waals surface area contributed by atoms with Crippen LogP contribution in [0.25, 0.3) is 0 Å². The van der Waals surface area contributed by atoms with Gasteiger partial charge < -0.3 is 10.1 Å². The minimum atomic E-state index is -0.0114. The van der Waals surface area contributed by atoms with E-state index in [2.05, 4.69) is 39.1 Å². The predicted molar refractivity (Wildman–Crippen MR) is 77.4 cm³/mol. The number of anilines is 1. The molecule has 3 heteroatoms. The first-order valence-electron chi connectivity index (χ1n) is 6.95. The molecule has 1 N–H and O–H groups in total. The van der Waals surface area contributed by atoms with Gasteiger partial charge in [0, 0.05) is 12.6 Å². The third-order valence-electron chi connectivity index (χ3n) is 3.60. The zero-order valence-electron chi connectivity index (χ0n) is 12.5. The summed E-state index contributed by atoms with van der Waals surface area (Å²) in [6.07, 6.45) is 0. The minimum Gasteiger partial charge on any atom is -0.372 e. The number of fused-ring (bicyclic) bond motifs is 1. The van der Waals surface area contributed by atoms with Crippen LogP contribution in [0.4, 0.5) is 5.69 Å². The molecule has 19 heavy (non-hydrogen) atoms. The van der Waals surface area contributed by atoms with Crippen LogP contribution in [0, 0.1) is 0 Å². The van der Waals surface area contributed by atoms with Gasteiger partial charge in [-0.3, -0.25) is 4.79 Å². The van der Waals surface area contributed by atoms with Gasteiger partial charge in [-0.05, 0) is 34.1 Å². The van der Waals surface area contributed by atoms with Crippen LogP contribution >= 0.6 is 0 Å². The van der Waals surface area contributed by atoms with E-state index in [0.717, 1.165) is 5.69 Å². The fraction of sp³-hybridized carbons (Fsp3) is 0.562. The molecule has 0 aliphatic carbocycles. The summed E-state index contributed by atoms with van der Waals surface area (Å²) >= 11 is 0. The van der Waals surface area contributed by atoms with Crippen LogP contribution in [0.5, 0.6) is 0 Å². The summed E-state index contributed by atoms with van der Waals surface area (Å²) in [7, 11) is 0. The van der Waals surface area contributed by atoms with Gasteiger partial charge in [-0.1, -0.05) is 33.8 Å². The molecule has 1 aliphatic rings. The summed E-state index contributed by atoms with van der Waals surface area (Å²) in [6.45, 7) is 11.6. The van der Waals surface area contributed by atoms with Crippen LogP contribution in [-0.2, 0) is 22.7 Å². The van der Waals surface area contributed by atoms with Crippen LogP contribution in [0.2, 0.25) is 0 Å². The Morgan fingerprint density at radius 3 is 2.42 bits per heavy atom. The van der Waals surface area contributed by atoms with E-state index in [1.807, 2.05) is 0 Å². The van der Waals surface area contributed by atoms with Crippen LogP contribution in [0.15, 0.2) is 6.07 Å².